The Hall–Kier alpha value is -1.47. The van der Waals surface area contributed by atoms with E-state index in [2.05, 4.69) is 34.3 Å². The maximum Gasteiger partial charge on any atom is 0.230 e. The first-order valence-electron chi connectivity index (χ1n) is 8.96. The summed E-state index contributed by atoms with van der Waals surface area (Å²) in [4.78, 5) is 14.9. The molecule has 2 saturated heterocycles. The maximum absolute atomic E-state index is 12.6. The van der Waals surface area contributed by atoms with E-state index in [4.69, 9.17) is 9.15 Å². The summed E-state index contributed by atoms with van der Waals surface area (Å²) < 4.78 is 11.2. The van der Waals surface area contributed by atoms with Crippen molar-refractivity contribution in [2.75, 3.05) is 19.7 Å². The molecular formula is C17H28N4O3. The lowest BCUT2D eigenvalue weighted by Gasteiger charge is -2.32. The van der Waals surface area contributed by atoms with E-state index in [-0.39, 0.29) is 24.0 Å². The first-order chi connectivity index (χ1) is 11.5. The van der Waals surface area contributed by atoms with E-state index >= 15 is 0 Å². The summed E-state index contributed by atoms with van der Waals surface area (Å²) in [5, 5.41) is 11.1. The van der Waals surface area contributed by atoms with Crippen LogP contribution in [0.2, 0.25) is 0 Å². The van der Waals surface area contributed by atoms with Gasteiger partial charge in [0.05, 0.1) is 18.6 Å². The number of carbonyl (C=O) groups excluding carboxylic acids is 1. The molecule has 24 heavy (non-hydrogen) atoms. The van der Waals surface area contributed by atoms with Crippen LogP contribution < -0.4 is 5.32 Å². The topological polar surface area (TPSA) is 80.5 Å². The van der Waals surface area contributed by atoms with Gasteiger partial charge in [0, 0.05) is 32.7 Å². The fraction of sp³-hybridized carbons (Fsp3) is 0.824. The van der Waals surface area contributed by atoms with E-state index in [0.29, 0.717) is 30.9 Å². The highest BCUT2D eigenvalue weighted by atomic mass is 16.5. The molecule has 2 fully saturated rings. The zero-order chi connectivity index (χ0) is 17.1. The average molecular weight is 336 g/mol. The molecule has 1 amide bonds. The minimum absolute atomic E-state index is 0.00407. The van der Waals surface area contributed by atoms with Crippen LogP contribution in [0.25, 0.3) is 0 Å². The molecule has 1 aromatic heterocycles. The molecule has 3 rings (SSSR count). The summed E-state index contributed by atoms with van der Waals surface area (Å²) in [7, 11) is 0. The number of nitrogens with zero attached hydrogens (tertiary/aromatic N) is 3. The SMILES string of the molecule is Cc1nnc(CN2CCC(NC(=O)[C@@H]3CCO[C@@H]3C(C)C)CC2)o1. The van der Waals surface area contributed by atoms with Crippen LogP contribution in [0.1, 0.15) is 44.9 Å². The van der Waals surface area contributed by atoms with Crippen molar-refractivity contribution < 1.29 is 13.9 Å². The second-order valence-electron chi connectivity index (χ2n) is 7.25. The third-order valence-corrected chi connectivity index (χ3v) is 4.99. The lowest BCUT2D eigenvalue weighted by molar-refractivity contribution is -0.128. The van der Waals surface area contributed by atoms with Crippen molar-refractivity contribution in [3.63, 3.8) is 0 Å². The molecule has 3 heterocycles. The van der Waals surface area contributed by atoms with Gasteiger partial charge in [0.15, 0.2) is 0 Å². The summed E-state index contributed by atoms with van der Waals surface area (Å²) in [5.74, 6) is 1.81. The van der Waals surface area contributed by atoms with Gasteiger partial charge < -0.3 is 14.5 Å². The van der Waals surface area contributed by atoms with Gasteiger partial charge in [-0.05, 0) is 25.2 Å². The number of amides is 1. The molecule has 134 valence electrons. The van der Waals surface area contributed by atoms with Crippen molar-refractivity contribution in [3.8, 4) is 0 Å². The highest BCUT2D eigenvalue weighted by Gasteiger charge is 2.36. The van der Waals surface area contributed by atoms with E-state index in [1.54, 1.807) is 6.92 Å². The van der Waals surface area contributed by atoms with Crippen molar-refractivity contribution in [1.82, 2.24) is 20.4 Å². The molecule has 2 aliphatic heterocycles. The molecule has 2 aliphatic rings. The van der Waals surface area contributed by atoms with Crippen molar-refractivity contribution in [2.24, 2.45) is 11.8 Å². The van der Waals surface area contributed by atoms with Crippen molar-refractivity contribution >= 4 is 5.91 Å². The fourth-order valence-corrected chi connectivity index (χ4v) is 3.69. The number of likely N-dealkylation sites (tertiary alicyclic amines) is 1. The van der Waals surface area contributed by atoms with Gasteiger partial charge in [-0.15, -0.1) is 10.2 Å². The van der Waals surface area contributed by atoms with Crippen LogP contribution in [0.5, 0.6) is 0 Å². The molecule has 0 bridgehead atoms. The minimum Gasteiger partial charge on any atom is -0.424 e. The zero-order valence-electron chi connectivity index (χ0n) is 14.8. The lowest BCUT2D eigenvalue weighted by Crippen LogP contribution is -2.47. The normalized spacial score (nSPS) is 26.2. The van der Waals surface area contributed by atoms with Gasteiger partial charge in [0.2, 0.25) is 17.7 Å². The third kappa shape index (κ3) is 4.13. The Morgan fingerprint density at radius 2 is 2.04 bits per heavy atom. The Bertz CT molecular complexity index is 552. The van der Waals surface area contributed by atoms with E-state index in [1.807, 2.05) is 0 Å². The highest BCUT2D eigenvalue weighted by molar-refractivity contribution is 5.79. The van der Waals surface area contributed by atoms with Crippen LogP contribution in [0.4, 0.5) is 0 Å². The van der Waals surface area contributed by atoms with Gasteiger partial charge in [-0.25, -0.2) is 0 Å². The van der Waals surface area contributed by atoms with E-state index < -0.39 is 0 Å². The Labute approximate surface area is 143 Å². The predicted octanol–water partition coefficient (Wildman–Crippen LogP) is 1.52. The number of hydrogen-bond donors (Lipinski definition) is 1. The van der Waals surface area contributed by atoms with E-state index in [0.717, 1.165) is 32.4 Å². The maximum atomic E-state index is 12.6. The van der Waals surface area contributed by atoms with Gasteiger partial charge in [0.1, 0.15) is 0 Å². The van der Waals surface area contributed by atoms with Gasteiger partial charge in [-0.2, -0.15) is 0 Å². The largest absolute Gasteiger partial charge is 0.424 e. The number of carbonyl (C=O) groups is 1. The number of piperidine rings is 1. The van der Waals surface area contributed by atoms with Crippen LogP contribution in [-0.4, -0.2) is 52.8 Å². The van der Waals surface area contributed by atoms with Crippen LogP contribution in [0, 0.1) is 18.8 Å². The Morgan fingerprint density at radius 3 is 2.67 bits per heavy atom. The Morgan fingerprint density at radius 1 is 1.29 bits per heavy atom. The molecule has 0 radical (unpaired) electrons. The van der Waals surface area contributed by atoms with Crippen molar-refractivity contribution in [3.05, 3.63) is 11.8 Å². The molecule has 0 aliphatic carbocycles. The summed E-state index contributed by atoms with van der Waals surface area (Å²) in [6, 6.07) is 0.256. The summed E-state index contributed by atoms with van der Waals surface area (Å²) in [6.45, 7) is 9.29. The van der Waals surface area contributed by atoms with Gasteiger partial charge in [-0.3, -0.25) is 9.69 Å². The molecule has 0 aromatic carbocycles. The van der Waals surface area contributed by atoms with Gasteiger partial charge in [-0.1, -0.05) is 13.8 Å². The first kappa shape index (κ1) is 17.4. The molecule has 1 aromatic rings. The standard InChI is InChI=1S/C17H28N4O3/c1-11(2)16-14(6-9-23-16)17(22)18-13-4-7-21(8-5-13)10-15-20-19-12(3)24-15/h11,13-14,16H,4-10H2,1-3H3,(H,18,22)/t14-,16-/m1/s1. The highest BCUT2D eigenvalue weighted by Crippen LogP contribution is 2.27. The summed E-state index contributed by atoms with van der Waals surface area (Å²) in [6.07, 6.45) is 2.81. The van der Waals surface area contributed by atoms with E-state index in [1.165, 1.54) is 0 Å². The second kappa shape index (κ2) is 7.61. The van der Waals surface area contributed by atoms with Gasteiger partial charge >= 0.3 is 0 Å². The third-order valence-electron chi connectivity index (χ3n) is 4.99. The monoisotopic (exact) mass is 336 g/mol. The quantitative estimate of drug-likeness (QED) is 0.878. The molecule has 0 saturated carbocycles. The zero-order valence-corrected chi connectivity index (χ0v) is 14.8. The lowest BCUT2D eigenvalue weighted by atomic mass is 9.91. The molecule has 1 N–H and O–H groups in total. The number of rotatable bonds is 5. The minimum atomic E-state index is 0.00407. The average Bonchev–Trinajstić information content (AvgIpc) is 3.18. The summed E-state index contributed by atoms with van der Waals surface area (Å²) in [5.41, 5.74) is 0. The summed E-state index contributed by atoms with van der Waals surface area (Å²) >= 11 is 0. The smallest absolute Gasteiger partial charge is 0.230 e. The van der Waals surface area contributed by atoms with Crippen LogP contribution >= 0.6 is 0 Å². The molecule has 7 nitrogen and oxygen atoms in total. The van der Waals surface area contributed by atoms with Crippen molar-refractivity contribution in [2.45, 2.75) is 58.7 Å². The molecule has 2 atom stereocenters. The van der Waals surface area contributed by atoms with Crippen LogP contribution in [-0.2, 0) is 16.1 Å². The Balaban J connectivity index is 1.44. The van der Waals surface area contributed by atoms with Crippen molar-refractivity contribution in [1.29, 1.82) is 0 Å². The number of ether oxygens (including phenoxy) is 1. The van der Waals surface area contributed by atoms with Gasteiger partial charge in [0.25, 0.3) is 0 Å². The number of aryl methyl sites for hydroxylation is 1. The molecular weight excluding hydrogens is 308 g/mol. The number of nitrogens with one attached hydrogen (secondary N) is 1. The number of aromatic nitrogens is 2. The predicted molar refractivity (Wildman–Crippen MR) is 88.2 cm³/mol. The number of hydrogen-bond acceptors (Lipinski definition) is 6. The van der Waals surface area contributed by atoms with E-state index in [9.17, 15) is 4.79 Å². The molecule has 0 spiro atoms. The molecule has 0 unspecified atom stereocenters. The molecule has 7 heteroatoms. The van der Waals surface area contributed by atoms with Crippen LogP contribution in [0.15, 0.2) is 4.42 Å². The van der Waals surface area contributed by atoms with Crippen LogP contribution in [0.3, 0.4) is 0 Å². The fourth-order valence-electron chi connectivity index (χ4n) is 3.69. The second-order valence-corrected chi connectivity index (χ2v) is 7.25. The first-order valence-corrected chi connectivity index (χ1v) is 8.96. The Kier molecular flexibility index (Phi) is 5.50.